The van der Waals surface area contributed by atoms with Crippen molar-refractivity contribution in [2.75, 3.05) is 34.2 Å². The van der Waals surface area contributed by atoms with Gasteiger partial charge in [0.1, 0.15) is 0 Å². The van der Waals surface area contributed by atoms with Crippen molar-refractivity contribution in [3.05, 3.63) is 0 Å². The number of rotatable bonds is 4. The molecule has 62 valence electrons. The van der Waals surface area contributed by atoms with Crippen LogP contribution in [0.2, 0.25) is 0 Å². The van der Waals surface area contributed by atoms with Crippen molar-refractivity contribution in [1.82, 2.24) is 9.21 Å². The molecule has 0 fully saturated rings. The first-order valence-corrected chi connectivity index (χ1v) is 4.07. The molecular formula is C5H14N2O2S. The van der Waals surface area contributed by atoms with E-state index >= 15 is 0 Å². The van der Waals surface area contributed by atoms with Crippen LogP contribution < -0.4 is 0 Å². The molecular weight excluding hydrogens is 152 g/mol. The molecule has 0 amide bonds. The average Bonchev–Trinajstić information content (AvgIpc) is 1.82. The van der Waals surface area contributed by atoms with Crippen LogP contribution in [0.3, 0.4) is 0 Å². The Hall–Kier alpha value is 0.0300. The Kier molecular flexibility index (Phi) is 4.80. The van der Waals surface area contributed by atoms with Crippen LogP contribution in [0, 0.1) is 0 Å². The van der Waals surface area contributed by atoms with Gasteiger partial charge in [-0.05, 0) is 14.1 Å². The third-order valence-electron chi connectivity index (χ3n) is 1.13. The van der Waals surface area contributed by atoms with Crippen molar-refractivity contribution in [2.24, 2.45) is 0 Å². The first-order chi connectivity index (χ1) is 4.54. The van der Waals surface area contributed by atoms with E-state index in [0.29, 0.717) is 6.54 Å². The number of likely N-dealkylation sites (N-methyl/N-ethyl adjacent to an activating group) is 2. The van der Waals surface area contributed by atoms with E-state index in [9.17, 15) is 4.21 Å². The molecule has 0 aromatic rings. The van der Waals surface area contributed by atoms with Crippen LogP contribution in [0.25, 0.3) is 0 Å². The van der Waals surface area contributed by atoms with E-state index in [1.165, 1.54) is 4.31 Å². The van der Waals surface area contributed by atoms with Crippen molar-refractivity contribution in [3.63, 3.8) is 0 Å². The fraction of sp³-hybridized carbons (Fsp3) is 1.00. The summed E-state index contributed by atoms with van der Waals surface area (Å²) in [5, 5.41) is 0. The van der Waals surface area contributed by atoms with Crippen molar-refractivity contribution in [2.45, 2.75) is 0 Å². The molecule has 0 aromatic heterocycles. The predicted octanol–water partition coefficient (Wildman–Crippen LogP) is -0.383. The van der Waals surface area contributed by atoms with Crippen LogP contribution in [-0.2, 0) is 11.3 Å². The fourth-order valence-corrected chi connectivity index (χ4v) is 0.657. The van der Waals surface area contributed by atoms with E-state index in [0.717, 1.165) is 6.54 Å². The second-order valence-electron chi connectivity index (χ2n) is 2.39. The third-order valence-corrected chi connectivity index (χ3v) is 1.84. The Morgan fingerprint density at radius 3 is 2.10 bits per heavy atom. The van der Waals surface area contributed by atoms with Crippen LogP contribution in [0.5, 0.6) is 0 Å². The molecule has 0 aliphatic rings. The van der Waals surface area contributed by atoms with Gasteiger partial charge in [-0.25, -0.2) is 8.51 Å². The van der Waals surface area contributed by atoms with Gasteiger partial charge in [-0.15, -0.1) is 0 Å². The highest BCUT2D eigenvalue weighted by Gasteiger charge is 2.02. The first-order valence-electron chi connectivity index (χ1n) is 3.01. The largest absolute Gasteiger partial charge is 0.308 e. The Morgan fingerprint density at radius 1 is 1.30 bits per heavy atom. The van der Waals surface area contributed by atoms with Gasteiger partial charge in [0.15, 0.2) is 0 Å². The Labute approximate surface area is 64.2 Å². The van der Waals surface area contributed by atoms with E-state index in [-0.39, 0.29) is 0 Å². The second kappa shape index (κ2) is 4.79. The van der Waals surface area contributed by atoms with Crippen LogP contribution in [0.15, 0.2) is 0 Å². The molecule has 10 heavy (non-hydrogen) atoms. The van der Waals surface area contributed by atoms with Crippen LogP contribution in [0.1, 0.15) is 0 Å². The van der Waals surface area contributed by atoms with Gasteiger partial charge in [0.25, 0.3) is 0 Å². The summed E-state index contributed by atoms with van der Waals surface area (Å²) in [6, 6.07) is 0. The lowest BCUT2D eigenvalue weighted by atomic mass is 10.6. The lowest BCUT2D eigenvalue weighted by Gasteiger charge is -2.14. The monoisotopic (exact) mass is 166 g/mol. The first kappa shape index (κ1) is 10.0. The molecule has 0 aliphatic carbocycles. The molecule has 0 radical (unpaired) electrons. The smallest absolute Gasteiger partial charge is 0.234 e. The maximum absolute atomic E-state index is 10.3. The molecule has 0 saturated heterocycles. The molecule has 0 saturated carbocycles. The van der Waals surface area contributed by atoms with Gasteiger partial charge >= 0.3 is 0 Å². The van der Waals surface area contributed by atoms with E-state index in [4.69, 9.17) is 4.55 Å². The lowest BCUT2D eigenvalue weighted by Crippen LogP contribution is -2.29. The SMILES string of the molecule is CN(C)CCN(C)S(=O)O. The molecule has 0 heterocycles. The number of hydrogen-bond donors (Lipinski definition) is 1. The zero-order valence-corrected chi connectivity index (χ0v) is 7.39. The van der Waals surface area contributed by atoms with Gasteiger partial charge in [-0.1, -0.05) is 0 Å². The van der Waals surface area contributed by atoms with Gasteiger partial charge in [-0.2, -0.15) is 0 Å². The molecule has 1 N–H and O–H groups in total. The maximum atomic E-state index is 10.3. The highest BCUT2D eigenvalue weighted by atomic mass is 32.2. The van der Waals surface area contributed by atoms with Gasteiger partial charge in [0, 0.05) is 20.1 Å². The van der Waals surface area contributed by atoms with Crippen molar-refractivity contribution < 1.29 is 8.76 Å². The van der Waals surface area contributed by atoms with Gasteiger partial charge < -0.3 is 4.90 Å². The third kappa shape index (κ3) is 4.87. The fourth-order valence-electron chi connectivity index (χ4n) is 0.419. The highest BCUT2D eigenvalue weighted by molar-refractivity contribution is 7.76. The summed E-state index contributed by atoms with van der Waals surface area (Å²) in [5.41, 5.74) is 0. The van der Waals surface area contributed by atoms with Gasteiger partial charge in [0.05, 0.1) is 0 Å². The molecule has 1 unspecified atom stereocenters. The minimum Gasteiger partial charge on any atom is -0.308 e. The van der Waals surface area contributed by atoms with Crippen molar-refractivity contribution >= 4 is 11.3 Å². The van der Waals surface area contributed by atoms with Crippen LogP contribution in [0.4, 0.5) is 0 Å². The molecule has 4 nitrogen and oxygen atoms in total. The normalized spacial score (nSPS) is 14.6. The molecule has 0 bridgehead atoms. The molecule has 0 aliphatic heterocycles. The molecule has 0 aromatic carbocycles. The van der Waals surface area contributed by atoms with Gasteiger partial charge in [-0.3, -0.25) is 4.55 Å². The molecule has 1 atom stereocenters. The quantitative estimate of drug-likeness (QED) is 0.579. The maximum Gasteiger partial charge on any atom is 0.234 e. The van der Waals surface area contributed by atoms with E-state index in [1.807, 2.05) is 19.0 Å². The molecule has 0 rings (SSSR count). The standard InChI is InChI=1S/C5H14N2O2S/c1-6(2)4-5-7(3)10(8)9/h4-5H2,1-3H3,(H,8,9). The zero-order valence-electron chi connectivity index (χ0n) is 6.57. The Morgan fingerprint density at radius 2 is 1.80 bits per heavy atom. The minimum absolute atomic E-state index is 0.607. The average molecular weight is 166 g/mol. The van der Waals surface area contributed by atoms with E-state index in [1.54, 1.807) is 7.05 Å². The van der Waals surface area contributed by atoms with Gasteiger partial charge in [0.2, 0.25) is 11.3 Å². The van der Waals surface area contributed by atoms with E-state index in [2.05, 4.69) is 0 Å². The summed E-state index contributed by atoms with van der Waals surface area (Å²) < 4.78 is 20.2. The van der Waals surface area contributed by atoms with E-state index < -0.39 is 11.3 Å². The summed E-state index contributed by atoms with van der Waals surface area (Å²) in [6.45, 7) is 1.40. The van der Waals surface area contributed by atoms with Crippen LogP contribution >= 0.6 is 0 Å². The Bertz CT molecular complexity index is 118. The lowest BCUT2D eigenvalue weighted by molar-refractivity contribution is 0.354. The second-order valence-corrected chi connectivity index (χ2v) is 3.47. The molecule has 0 spiro atoms. The highest BCUT2D eigenvalue weighted by Crippen LogP contribution is 1.85. The Balaban J connectivity index is 3.40. The van der Waals surface area contributed by atoms with Crippen LogP contribution in [-0.4, -0.2) is 52.2 Å². The summed E-state index contributed by atoms with van der Waals surface area (Å²) in [4.78, 5) is 1.96. The number of nitrogens with zero attached hydrogens (tertiary/aromatic N) is 2. The topological polar surface area (TPSA) is 43.8 Å². The predicted molar refractivity (Wildman–Crippen MR) is 42.0 cm³/mol. The summed E-state index contributed by atoms with van der Waals surface area (Å²) in [7, 11) is 5.46. The summed E-state index contributed by atoms with van der Waals surface area (Å²) in [6.07, 6.45) is 0. The van der Waals surface area contributed by atoms with Crippen molar-refractivity contribution in [1.29, 1.82) is 0 Å². The minimum atomic E-state index is -1.82. The summed E-state index contributed by atoms with van der Waals surface area (Å²) >= 11 is -1.82. The molecule has 5 heteroatoms. The zero-order chi connectivity index (χ0) is 8.15. The number of hydrogen-bond acceptors (Lipinski definition) is 2. The summed E-state index contributed by atoms with van der Waals surface area (Å²) in [5.74, 6) is 0. The van der Waals surface area contributed by atoms with Crippen molar-refractivity contribution in [3.8, 4) is 0 Å².